The van der Waals surface area contributed by atoms with Crippen LogP contribution in [0.2, 0.25) is 0 Å². The van der Waals surface area contributed by atoms with Gasteiger partial charge in [-0.2, -0.15) is 4.98 Å². The maximum atomic E-state index is 4.44. The number of aromatic nitrogens is 2. The zero-order chi connectivity index (χ0) is 13.8. The van der Waals surface area contributed by atoms with Crippen molar-refractivity contribution in [2.24, 2.45) is 0 Å². The zero-order valence-corrected chi connectivity index (χ0v) is 11.9. The van der Waals surface area contributed by atoms with Crippen LogP contribution < -0.4 is 10.6 Å². The summed E-state index contributed by atoms with van der Waals surface area (Å²) in [6, 6.07) is 8.74. The highest BCUT2D eigenvalue weighted by Gasteiger charge is 2.09. The topological polar surface area (TPSA) is 49.8 Å². The molecule has 2 N–H and O–H groups in total. The molecule has 2 rings (SSSR count). The van der Waals surface area contributed by atoms with Crippen molar-refractivity contribution < 1.29 is 0 Å². The molecule has 4 heteroatoms. The van der Waals surface area contributed by atoms with E-state index in [1.165, 1.54) is 11.1 Å². The summed E-state index contributed by atoms with van der Waals surface area (Å²) in [5, 5.41) is 6.38. The van der Waals surface area contributed by atoms with Crippen molar-refractivity contribution in [3.8, 4) is 0 Å². The van der Waals surface area contributed by atoms with Crippen LogP contribution in [-0.2, 0) is 0 Å². The van der Waals surface area contributed by atoms with E-state index in [2.05, 4.69) is 58.7 Å². The Balaban J connectivity index is 2.18. The van der Waals surface area contributed by atoms with E-state index in [4.69, 9.17) is 0 Å². The molecule has 1 heterocycles. The van der Waals surface area contributed by atoms with Crippen LogP contribution in [0.5, 0.6) is 0 Å². The molecule has 1 aromatic carbocycles. The van der Waals surface area contributed by atoms with E-state index < -0.39 is 0 Å². The molecular weight excluding hydrogens is 236 g/mol. The van der Waals surface area contributed by atoms with Gasteiger partial charge >= 0.3 is 0 Å². The predicted octanol–water partition coefficient (Wildman–Crippen LogP) is 3.31. The Labute approximate surface area is 114 Å². The van der Waals surface area contributed by atoms with E-state index in [0.29, 0.717) is 5.95 Å². The fourth-order valence-electron chi connectivity index (χ4n) is 1.85. The summed E-state index contributed by atoms with van der Waals surface area (Å²) >= 11 is 0. The molecule has 0 fully saturated rings. The first kappa shape index (κ1) is 13.3. The first-order valence-electron chi connectivity index (χ1n) is 6.44. The number of hydrogen-bond acceptors (Lipinski definition) is 4. The van der Waals surface area contributed by atoms with Crippen molar-refractivity contribution >= 4 is 11.8 Å². The van der Waals surface area contributed by atoms with E-state index in [0.717, 1.165) is 11.4 Å². The fourth-order valence-corrected chi connectivity index (χ4v) is 1.85. The summed E-state index contributed by atoms with van der Waals surface area (Å²) < 4.78 is 0. The number of nitrogens with one attached hydrogen (secondary N) is 2. The highest BCUT2D eigenvalue weighted by atomic mass is 15.1. The van der Waals surface area contributed by atoms with Crippen LogP contribution >= 0.6 is 0 Å². The standard InChI is InChI=1S/C15H20N4/c1-10-5-7-13(8-6-10)12(3)18-14-11(2)9-17-15(16-4)19-14/h5-9,12H,1-4H3,(H2,16,17,18,19). The lowest BCUT2D eigenvalue weighted by molar-refractivity contribution is 0.868. The lowest BCUT2D eigenvalue weighted by atomic mass is 10.1. The van der Waals surface area contributed by atoms with Gasteiger partial charge in [-0.15, -0.1) is 0 Å². The van der Waals surface area contributed by atoms with Crippen molar-refractivity contribution in [3.63, 3.8) is 0 Å². The van der Waals surface area contributed by atoms with E-state index >= 15 is 0 Å². The molecule has 0 spiro atoms. The monoisotopic (exact) mass is 256 g/mol. The predicted molar refractivity (Wildman–Crippen MR) is 79.5 cm³/mol. The minimum Gasteiger partial charge on any atom is -0.363 e. The minimum atomic E-state index is 0.207. The number of hydrogen-bond donors (Lipinski definition) is 2. The van der Waals surface area contributed by atoms with Crippen LogP contribution in [0.4, 0.5) is 11.8 Å². The number of nitrogens with zero attached hydrogens (tertiary/aromatic N) is 2. The molecule has 0 bridgehead atoms. The van der Waals surface area contributed by atoms with E-state index in [-0.39, 0.29) is 6.04 Å². The molecule has 4 nitrogen and oxygen atoms in total. The third-order valence-electron chi connectivity index (χ3n) is 3.13. The van der Waals surface area contributed by atoms with Gasteiger partial charge in [0.15, 0.2) is 0 Å². The minimum absolute atomic E-state index is 0.207. The molecule has 0 amide bonds. The summed E-state index contributed by atoms with van der Waals surface area (Å²) in [5.41, 5.74) is 3.55. The SMILES string of the molecule is CNc1ncc(C)c(NC(C)c2ccc(C)cc2)n1. The van der Waals surface area contributed by atoms with Crippen molar-refractivity contribution in [2.75, 3.05) is 17.7 Å². The molecule has 100 valence electrons. The second-order valence-corrected chi connectivity index (χ2v) is 4.75. The van der Waals surface area contributed by atoms with E-state index in [1.807, 2.05) is 20.2 Å². The Bertz CT molecular complexity index is 549. The molecule has 1 aromatic heterocycles. The highest BCUT2D eigenvalue weighted by molar-refractivity contribution is 5.48. The molecule has 0 aliphatic heterocycles. The number of benzene rings is 1. The lowest BCUT2D eigenvalue weighted by Crippen LogP contribution is -2.10. The van der Waals surface area contributed by atoms with Crippen LogP contribution in [0.25, 0.3) is 0 Å². The van der Waals surface area contributed by atoms with Gasteiger partial charge in [0, 0.05) is 24.8 Å². The quantitative estimate of drug-likeness (QED) is 0.881. The first-order chi connectivity index (χ1) is 9.10. The molecule has 2 aromatic rings. The molecule has 0 aliphatic carbocycles. The van der Waals surface area contributed by atoms with Gasteiger partial charge in [-0.25, -0.2) is 4.98 Å². The number of anilines is 2. The summed E-state index contributed by atoms with van der Waals surface area (Å²) in [6.45, 7) is 6.23. The largest absolute Gasteiger partial charge is 0.363 e. The third-order valence-corrected chi connectivity index (χ3v) is 3.13. The van der Waals surface area contributed by atoms with Crippen LogP contribution in [0.1, 0.15) is 29.7 Å². The van der Waals surface area contributed by atoms with E-state index in [1.54, 1.807) is 0 Å². The maximum absolute atomic E-state index is 4.44. The molecule has 0 radical (unpaired) electrons. The Morgan fingerprint density at radius 1 is 1.11 bits per heavy atom. The second-order valence-electron chi connectivity index (χ2n) is 4.75. The number of aryl methyl sites for hydroxylation is 2. The molecule has 0 aliphatic rings. The Morgan fingerprint density at radius 3 is 2.42 bits per heavy atom. The summed E-state index contributed by atoms with van der Waals surface area (Å²) in [5.74, 6) is 1.50. The summed E-state index contributed by atoms with van der Waals surface area (Å²) in [7, 11) is 1.82. The summed E-state index contributed by atoms with van der Waals surface area (Å²) in [4.78, 5) is 8.63. The molecular formula is C15H20N4. The maximum Gasteiger partial charge on any atom is 0.224 e. The second kappa shape index (κ2) is 5.69. The first-order valence-corrected chi connectivity index (χ1v) is 6.44. The van der Waals surface area contributed by atoms with Gasteiger partial charge in [-0.05, 0) is 26.3 Å². The summed E-state index contributed by atoms with van der Waals surface area (Å²) in [6.07, 6.45) is 1.82. The Hall–Kier alpha value is -2.10. The molecule has 0 saturated heterocycles. The highest BCUT2D eigenvalue weighted by Crippen LogP contribution is 2.21. The third kappa shape index (κ3) is 3.22. The van der Waals surface area contributed by atoms with Crippen LogP contribution in [0.15, 0.2) is 30.5 Å². The molecule has 1 atom stereocenters. The van der Waals surface area contributed by atoms with Gasteiger partial charge < -0.3 is 10.6 Å². The normalized spacial score (nSPS) is 12.0. The smallest absolute Gasteiger partial charge is 0.224 e. The van der Waals surface area contributed by atoms with Gasteiger partial charge in [-0.1, -0.05) is 29.8 Å². The van der Waals surface area contributed by atoms with Gasteiger partial charge in [-0.3, -0.25) is 0 Å². The van der Waals surface area contributed by atoms with Gasteiger partial charge in [0.1, 0.15) is 5.82 Å². The fraction of sp³-hybridized carbons (Fsp3) is 0.333. The van der Waals surface area contributed by atoms with Gasteiger partial charge in [0.2, 0.25) is 5.95 Å². The lowest BCUT2D eigenvalue weighted by Gasteiger charge is -2.17. The Kier molecular flexibility index (Phi) is 4.00. The van der Waals surface area contributed by atoms with Crippen molar-refractivity contribution in [1.82, 2.24) is 9.97 Å². The van der Waals surface area contributed by atoms with Crippen LogP contribution in [0, 0.1) is 13.8 Å². The Morgan fingerprint density at radius 2 is 1.79 bits per heavy atom. The van der Waals surface area contributed by atoms with Crippen LogP contribution in [-0.4, -0.2) is 17.0 Å². The zero-order valence-electron chi connectivity index (χ0n) is 11.9. The molecule has 1 unspecified atom stereocenters. The average Bonchev–Trinajstić information content (AvgIpc) is 2.42. The number of rotatable bonds is 4. The van der Waals surface area contributed by atoms with Crippen molar-refractivity contribution in [2.45, 2.75) is 26.8 Å². The van der Waals surface area contributed by atoms with Crippen molar-refractivity contribution in [1.29, 1.82) is 0 Å². The average molecular weight is 256 g/mol. The molecule has 19 heavy (non-hydrogen) atoms. The van der Waals surface area contributed by atoms with Gasteiger partial charge in [0.25, 0.3) is 0 Å². The van der Waals surface area contributed by atoms with Gasteiger partial charge in [0.05, 0.1) is 0 Å². The molecule has 0 saturated carbocycles. The van der Waals surface area contributed by atoms with E-state index in [9.17, 15) is 0 Å². The van der Waals surface area contributed by atoms with Crippen molar-refractivity contribution in [3.05, 3.63) is 47.2 Å². The van der Waals surface area contributed by atoms with Crippen LogP contribution in [0.3, 0.4) is 0 Å².